The van der Waals surface area contributed by atoms with Crippen LogP contribution in [0.3, 0.4) is 0 Å². The fraction of sp³-hybridized carbons (Fsp3) is 0. The number of rotatable bonds is 3. The van der Waals surface area contributed by atoms with Crippen LogP contribution in [0.4, 0.5) is 5.13 Å². The fourth-order valence-corrected chi connectivity index (χ4v) is 2.21. The van der Waals surface area contributed by atoms with Gasteiger partial charge in [-0.3, -0.25) is 0 Å². The van der Waals surface area contributed by atoms with E-state index in [0.29, 0.717) is 16.0 Å². The van der Waals surface area contributed by atoms with Crippen LogP contribution < -0.4 is 10.5 Å². The van der Waals surface area contributed by atoms with Gasteiger partial charge in [-0.25, -0.2) is 4.98 Å². The first kappa shape index (κ1) is 11.6. The monoisotopic (exact) mass is 270 g/mol. The van der Waals surface area contributed by atoms with Crippen LogP contribution in [0.15, 0.2) is 48.7 Å². The topological polar surface area (TPSA) is 73.9 Å². The molecule has 2 heterocycles. The molecule has 3 aromatic rings. The predicted octanol–water partition coefficient (Wildman–Crippen LogP) is 2.97. The summed E-state index contributed by atoms with van der Waals surface area (Å²) in [5.41, 5.74) is 6.38. The number of hydrogen-bond acceptors (Lipinski definition) is 6. The Hall–Kier alpha value is -2.47. The molecule has 6 heteroatoms. The molecule has 0 aliphatic heterocycles. The number of hydrogen-bond donors (Lipinski definition) is 1. The van der Waals surface area contributed by atoms with Crippen molar-refractivity contribution >= 4 is 16.5 Å². The third-order valence-corrected chi connectivity index (χ3v) is 3.19. The Balaban J connectivity index is 1.98. The molecule has 2 N–H and O–H groups in total. The van der Waals surface area contributed by atoms with E-state index in [1.54, 1.807) is 6.20 Å². The molecule has 0 amide bonds. The van der Waals surface area contributed by atoms with Gasteiger partial charge in [0.2, 0.25) is 11.0 Å². The Morgan fingerprint density at radius 1 is 1.00 bits per heavy atom. The maximum atomic E-state index is 5.76. The molecule has 0 atom stereocenters. The van der Waals surface area contributed by atoms with Crippen molar-refractivity contribution in [2.24, 2.45) is 0 Å². The van der Waals surface area contributed by atoms with E-state index in [4.69, 9.17) is 10.5 Å². The summed E-state index contributed by atoms with van der Waals surface area (Å²) in [6.45, 7) is 0. The van der Waals surface area contributed by atoms with Gasteiger partial charge in [0.1, 0.15) is 5.75 Å². The van der Waals surface area contributed by atoms with E-state index in [9.17, 15) is 0 Å². The van der Waals surface area contributed by atoms with Gasteiger partial charge in [-0.2, -0.15) is 0 Å². The molecule has 19 heavy (non-hydrogen) atoms. The number of benzene rings is 1. The summed E-state index contributed by atoms with van der Waals surface area (Å²) in [5, 5.41) is 8.93. The summed E-state index contributed by atoms with van der Waals surface area (Å²) in [6, 6.07) is 13.2. The number of para-hydroxylation sites is 1. The number of nitrogens with zero attached hydrogens (tertiary/aromatic N) is 3. The molecule has 5 nitrogen and oxygen atoms in total. The van der Waals surface area contributed by atoms with Gasteiger partial charge < -0.3 is 10.5 Å². The second-order valence-corrected chi connectivity index (χ2v) is 4.73. The van der Waals surface area contributed by atoms with Gasteiger partial charge >= 0.3 is 0 Å². The zero-order valence-electron chi connectivity index (χ0n) is 9.85. The van der Waals surface area contributed by atoms with Gasteiger partial charge in [-0.1, -0.05) is 29.5 Å². The normalized spacial score (nSPS) is 10.3. The summed E-state index contributed by atoms with van der Waals surface area (Å²) in [6.07, 6.45) is 1.67. The Morgan fingerprint density at radius 3 is 2.58 bits per heavy atom. The summed E-state index contributed by atoms with van der Waals surface area (Å²) >= 11 is 1.30. The minimum absolute atomic E-state index is 0.421. The lowest BCUT2D eigenvalue weighted by Crippen LogP contribution is -1.90. The van der Waals surface area contributed by atoms with Crippen molar-refractivity contribution in [2.45, 2.75) is 0 Å². The number of nitrogen functional groups attached to an aromatic ring is 1. The summed E-state index contributed by atoms with van der Waals surface area (Å²) < 4.78 is 5.76. The number of nitrogens with two attached hydrogens (primary N) is 1. The van der Waals surface area contributed by atoms with E-state index < -0.39 is 0 Å². The molecule has 0 unspecified atom stereocenters. The third-order valence-electron chi connectivity index (χ3n) is 2.40. The predicted molar refractivity (Wildman–Crippen MR) is 74.1 cm³/mol. The molecule has 0 fully saturated rings. The van der Waals surface area contributed by atoms with Gasteiger partial charge in [0.25, 0.3) is 0 Å². The molecule has 0 saturated carbocycles. The molecule has 0 spiro atoms. The Kier molecular flexibility index (Phi) is 3.07. The van der Waals surface area contributed by atoms with Crippen molar-refractivity contribution in [3.63, 3.8) is 0 Å². The molecule has 1 aromatic carbocycles. The van der Waals surface area contributed by atoms with Crippen LogP contribution in [0.25, 0.3) is 10.6 Å². The molecule has 0 saturated heterocycles. The van der Waals surface area contributed by atoms with Crippen LogP contribution in [0.1, 0.15) is 0 Å². The molecule has 0 radical (unpaired) electrons. The minimum Gasteiger partial charge on any atom is -0.438 e. The van der Waals surface area contributed by atoms with Crippen LogP contribution in [0.5, 0.6) is 11.6 Å². The summed E-state index contributed by atoms with van der Waals surface area (Å²) in [4.78, 5) is 4.24. The maximum absolute atomic E-state index is 5.76. The highest BCUT2D eigenvalue weighted by Crippen LogP contribution is 2.33. The standard InChI is InChI=1S/C13H10N4OS/c14-13-17-16-12(19-13)10-7-4-8-15-11(10)18-9-5-2-1-3-6-9/h1-8H,(H2,14,17). The van der Waals surface area contributed by atoms with E-state index in [1.807, 2.05) is 42.5 Å². The molecule has 2 aromatic heterocycles. The SMILES string of the molecule is Nc1nnc(-c2cccnc2Oc2ccccc2)s1. The molecule has 3 rings (SSSR count). The third kappa shape index (κ3) is 2.53. The number of ether oxygens (including phenoxy) is 1. The number of aromatic nitrogens is 3. The lowest BCUT2D eigenvalue weighted by atomic mass is 10.3. The van der Waals surface area contributed by atoms with E-state index in [0.717, 1.165) is 11.3 Å². The highest BCUT2D eigenvalue weighted by Gasteiger charge is 2.12. The Labute approximate surface area is 113 Å². The van der Waals surface area contributed by atoms with Crippen molar-refractivity contribution in [3.05, 3.63) is 48.7 Å². The Morgan fingerprint density at radius 2 is 1.84 bits per heavy atom. The maximum Gasteiger partial charge on any atom is 0.229 e. The van der Waals surface area contributed by atoms with Crippen molar-refractivity contribution in [1.82, 2.24) is 15.2 Å². The van der Waals surface area contributed by atoms with Gasteiger partial charge in [0, 0.05) is 6.20 Å². The molecular formula is C13H10N4OS. The van der Waals surface area contributed by atoms with Gasteiger partial charge in [-0.05, 0) is 24.3 Å². The van der Waals surface area contributed by atoms with Gasteiger partial charge in [0.15, 0.2) is 5.01 Å². The van der Waals surface area contributed by atoms with E-state index >= 15 is 0 Å². The largest absolute Gasteiger partial charge is 0.438 e. The minimum atomic E-state index is 0.421. The van der Waals surface area contributed by atoms with E-state index in [1.165, 1.54) is 11.3 Å². The van der Waals surface area contributed by atoms with Gasteiger partial charge in [0.05, 0.1) is 5.56 Å². The zero-order chi connectivity index (χ0) is 13.1. The van der Waals surface area contributed by atoms with Crippen LogP contribution in [-0.4, -0.2) is 15.2 Å². The molecular weight excluding hydrogens is 260 g/mol. The summed E-state index contributed by atoms with van der Waals surface area (Å²) in [5.74, 6) is 1.21. The zero-order valence-corrected chi connectivity index (χ0v) is 10.7. The summed E-state index contributed by atoms with van der Waals surface area (Å²) in [7, 11) is 0. The van der Waals surface area contributed by atoms with Crippen LogP contribution in [-0.2, 0) is 0 Å². The van der Waals surface area contributed by atoms with Crippen molar-refractivity contribution < 1.29 is 4.74 Å². The highest BCUT2D eigenvalue weighted by atomic mass is 32.1. The molecule has 0 aliphatic carbocycles. The lowest BCUT2D eigenvalue weighted by molar-refractivity contribution is 0.465. The molecule has 94 valence electrons. The van der Waals surface area contributed by atoms with Crippen LogP contribution in [0, 0.1) is 0 Å². The number of anilines is 1. The average Bonchev–Trinajstić information content (AvgIpc) is 2.87. The first-order valence-electron chi connectivity index (χ1n) is 5.60. The van der Waals surface area contributed by atoms with Crippen LogP contribution >= 0.6 is 11.3 Å². The van der Waals surface area contributed by atoms with Crippen molar-refractivity contribution in [1.29, 1.82) is 0 Å². The first-order chi connectivity index (χ1) is 9.33. The quantitative estimate of drug-likeness (QED) is 0.792. The van der Waals surface area contributed by atoms with Crippen molar-refractivity contribution in [3.8, 4) is 22.2 Å². The van der Waals surface area contributed by atoms with E-state index in [2.05, 4.69) is 15.2 Å². The lowest BCUT2D eigenvalue weighted by Gasteiger charge is -2.07. The number of pyridine rings is 1. The Bertz CT molecular complexity index is 684. The highest BCUT2D eigenvalue weighted by molar-refractivity contribution is 7.18. The second kappa shape index (κ2) is 5.03. The van der Waals surface area contributed by atoms with Crippen molar-refractivity contribution in [2.75, 3.05) is 5.73 Å². The van der Waals surface area contributed by atoms with Gasteiger partial charge in [-0.15, -0.1) is 10.2 Å². The van der Waals surface area contributed by atoms with Crippen LogP contribution in [0.2, 0.25) is 0 Å². The molecule has 0 aliphatic rings. The molecule has 0 bridgehead atoms. The first-order valence-corrected chi connectivity index (χ1v) is 6.42. The average molecular weight is 270 g/mol. The smallest absolute Gasteiger partial charge is 0.229 e. The fourth-order valence-electron chi connectivity index (χ4n) is 1.58. The second-order valence-electron chi connectivity index (χ2n) is 3.72. The van der Waals surface area contributed by atoms with E-state index in [-0.39, 0.29) is 0 Å².